The molecular formula is C27H27N3O4S. The van der Waals surface area contributed by atoms with Crippen molar-refractivity contribution in [2.24, 2.45) is 0 Å². The van der Waals surface area contributed by atoms with Crippen molar-refractivity contribution >= 4 is 27.4 Å². The van der Waals surface area contributed by atoms with Crippen molar-refractivity contribution in [2.45, 2.75) is 23.8 Å². The van der Waals surface area contributed by atoms with Crippen LogP contribution in [0.25, 0.3) is 11.1 Å². The maximum Gasteiger partial charge on any atom is 0.255 e. The molecule has 1 aliphatic heterocycles. The van der Waals surface area contributed by atoms with E-state index in [0.717, 1.165) is 37.1 Å². The van der Waals surface area contributed by atoms with Crippen LogP contribution in [0.15, 0.2) is 71.6 Å². The largest absolute Gasteiger partial charge is 0.322 e. The molecule has 0 saturated carbocycles. The molecular weight excluding hydrogens is 462 g/mol. The second-order valence-corrected chi connectivity index (χ2v) is 11.2. The summed E-state index contributed by atoms with van der Waals surface area (Å²) in [5.74, 6) is -0.454. The first kappa shape index (κ1) is 23.4. The number of fused-ring (bicyclic) bond motifs is 3. The summed E-state index contributed by atoms with van der Waals surface area (Å²) in [6.45, 7) is 1.74. The summed E-state index contributed by atoms with van der Waals surface area (Å²) < 4.78 is 27.7. The number of hydrogen-bond acceptors (Lipinski definition) is 5. The van der Waals surface area contributed by atoms with Crippen LogP contribution in [-0.2, 0) is 10.0 Å². The lowest BCUT2D eigenvalue weighted by Gasteiger charge is -2.34. The molecule has 8 heteroatoms. The Hall–Kier alpha value is -3.33. The standard InChI is InChI=1S/C27H27N3O4S/c1-29-15-13-20(14-16-29)30(2)35(33,34)21-10-8-19(9-11-21)28-27(32)18-7-12-23-22-5-3-4-6-24(22)26(31)25(23)17-18/h3-12,17,20H,13-16H2,1-2H3,(H,28,32). The van der Waals surface area contributed by atoms with Gasteiger partial charge in [0.2, 0.25) is 10.0 Å². The molecule has 1 amide bonds. The van der Waals surface area contributed by atoms with Crippen LogP contribution in [0.5, 0.6) is 0 Å². The Kier molecular flexibility index (Phi) is 6.04. The van der Waals surface area contributed by atoms with Gasteiger partial charge in [-0.3, -0.25) is 9.59 Å². The topological polar surface area (TPSA) is 86.8 Å². The van der Waals surface area contributed by atoms with Crippen molar-refractivity contribution < 1.29 is 18.0 Å². The Morgan fingerprint density at radius 1 is 0.914 bits per heavy atom. The van der Waals surface area contributed by atoms with Crippen LogP contribution in [0.3, 0.4) is 0 Å². The van der Waals surface area contributed by atoms with Crippen LogP contribution >= 0.6 is 0 Å². The fourth-order valence-corrected chi connectivity index (χ4v) is 6.22. The second-order valence-electron chi connectivity index (χ2n) is 9.17. The van der Waals surface area contributed by atoms with Crippen molar-refractivity contribution in [3.05, 3.63) is 83.4 Å². The third-order valence-corrected chi connectivity index (χ3v) is 8.90. The van der Waals surface area contributed by atoms with Crippen molar-refractivity contribution in [1.29, 1.82) is 0 Å². The number of carbonyl (C=O) groups is 2. The minimum Gasteiger partial charge on any atom is -0.322 e. The van der Waals surface area contributed by atoms with E-state index in [1.807, 2.05) is 25.2 Å². The summed E-state index contributed by atoms with van der Waals surface area (Å²) in [7, 11) is 0.0444. The van der Waals surface area contributed by atoms with E-state index in [-0.39, 0.29) is 22.6 Å². The summed E-state index contributed by atoms with van der Waals surface area (Å²) >= 11 is 0. The van der Waals surface area contributed by atoms with Gasteiger partial charge in [0.1, 0.15) is 0 Å². The summed E-state index contributed by atoms with van der Waals surface area (Å²) in [4.78, 5) is 28.0. The van der Waals surface area contributed by atoms with Gasteiger partial charge in [0.05, 0.1) is 4.90 Å². The molecule has 35 heavy (non-hydrogen) atoms. The van der Waals surface area contributed by atoms with Crippen LogP contribution in [0.2, 0.25) is 0 Å². The number of sulfonamides is 1. The molecule has 0 radical (unpaired) electrons. The van der Waals surface area contributed by atoms with Crippen molar-refractivity contribution in [3.8, 4) is 11.1 Å². The van der Waals surface area contributed by atoms with Crippen molar-refractivity contribution in [1.82, 2.24) is 9.21 Å². The number of likely N-dealkylation sites (tertiary alicyclic amines) is 1. The molecule has 5 rings (SSSR count). The Balaban J connectivity index is 1.30. The number of ketones is 1. The van der Waals surface area contributed by atoms with E-state index in [9.17, 15) is 18.0 Å². The molecule has 7 nitrogen and oxygen atoms in total. The van der Waals surface area contributed by atoms with Crippen LogP contribution in [-0.4, -0.2) is 62.5 Å². The summed E-state index contributed by atoms with van der Waals surface area (Å²) in [6, 6.07) is 18.7. The van der Waals surface area contributed by atoms with Gasteiger partial charge in [-0.1, -0.05) is 30.3 Å². The number of carbonyl (C=O) groups excluding carboxylic acids is 2. The molecule has 1 heterocycles. The molecule has 3 aromatic carbocycles. The average molecular weight is 490 g/mol. The zero-order valence-electron chi connectivity index (χ0n) is 19.7. The van der Waals surface area contributed by atoms with E-state index in [0.29, 0.717) is 22.4 Å². The number of benzene rings is 3. The molecule has 0 unspecified atom stereocenters. The lowest BCUT2D eigenvalue weighted by Crippen LogP contribution is -2.44. The van der Waals surface area contributed by atoms with Gasteiger partial charge in [-0.05, 0) is 80.5 Å². The molecule has 180 valence electrons. The highest BCUT2D eigenvalue weighted by Gasteiger charge is 2.30. The van der Waals surface area contributed by atoms with Crippen LogP contribution in [0, 0.1) is 0 Å². The summed E-state index contributed by atoms with van der Waals surface area (Å²) in [6.07, 6.45) is 1.60. The predicted octanol–water partition coefficient (Wildman–Crippen LogP) is 3.87. The fraction of sp³-hybridized carbons (Fsp3) is 0.259. The van der Waals surface area contributed by atoms with Gasteiger partial charge in [0, 0.05) is 35.5 Å². The quantitative estimate of drug-likeness (QED) is 0.460. The predicted molar refractivity (Wildman–Crippen MR) is 135 cm³/mol. The Bertz CT molecular complexity index is 1410. The lowest BCUT2D eigenvalue weighted by atomic mass is 10.0. The summed E-state index contributed by atoms with van der Waals surface area (Å²) in [5, 5.41) is 2.80. The van der Waals surface area contributed by atoms with Gasteiger partial charge in [0.25, 0.3) is 5.91 Å². The first-order valence-electron chi connectivity index (χ1n) is 11.6. The van der Waals surface area contributed by atoms with E-state index in [1.54, 1.807) is 43.4 Å². The van der Waals surface area contributed by atoms with Crippen LogP contribution < -0.4 is 5.32 Å². The number of rotatable bonds is 5. The number of nitrogens with zero attached hydrogens (tertiary/aromatic N) is 2. The van der Waals surface area contributed by atoms with Crippen molar-refractivity contribution in [2.75, 3.05) is 32.5 Å². The zero-order chi connectivity index (χ0) is 24.7. The average Bonchev–Trinajstić information content (AvgIpc) is 3.16. The Morgan fingerprint density at radius 3 is 2.23 bits per heavy atom. The van der Waals surface area contributed by atoms with Gasteiger partial charge in [-0.2, -0.15) is 4.31 Å². The molecule has 1 fully saturated rings. The smallest absolute Gasteiger partial charge is 0.255 e. The second kappa shape index (κ2) is 9.03. The monoisotopic (exact) mass is 489 g/mol. The third-order valence-electron chi connectivity index (χ3n) is 6.98. The van der Waals surface area contributed by atoms with E-state index in [1.165, 1.54) is 16.4 Å². The highest BCUT2D eigenvalue weighted by atomic mass is 32.2. The van der Waals surface area contributed by atoms with E-state index in [2.05, 4.69) is 10.2 Å². The molecule has 2 aliphatic rings. The van der Waals surface area contributed by atoms with Crippen LogP contribution in [0.1, 0.15) is 39.1 Å². The maximum absolute atomic E-state index is 13.1. The van der Waals surface area contributed by atoms with E-state index in [4.69, 9.17) is 0 Å². The minimum atomic E-state index is -3.63. The van der Waals surface area contributed by atoms with E-state index >= 15 is 0 Å². The zero-order valence-corrected chi connectivity index (χ0v) is 20.5. The number of nitrogens with one attached hydrogen (secondary N) is 1. The van der Waals surface area contributed by atoms with E-state index < -0.39 is 10.0 Å². The molecule has 1 N–H and O–H groups in total. The number of hydrogen-bond donors (Lipinski definition) is 1. The molecule has 0 aromatic heterocycles. The number of piperidine rings is 1. The molecule has 0 atom stereocenters. The van der Waals surface area contributed by atoms with Crippen LogP contribution in [0.4, 0.5) is 5.69 Å². The number of anilines is 1. The highest BCUT2D eigenvalue weighted by Crippen LogP contribution is 2.36. The maximum atomic E-state index is 13.1. The molecule has 1 saturated heterocycles. The Labute approximate surface area is 205 Å². The highest BCUT2D eigenvalue weighted by molar-refractivity contribution is 7.89. The van der Waals surface area contributed by atoms with Crippen molar-refractivity contribution in [3.63, 3.8) is 0 Å². The molecule has 0 bridgehead atoms. The Morgan fingerprint density at radius 2 is 1.54 bits per heavy atom. The first-order chi connectivity index (χ1) is 16.8. The molecule has 3 aromatic rings. The van der Waals surface area contributed by atoms with Gasteiger partial charge < -0.3 is 10.2 Å². The fourth-order valence-electron chi connectivity index (χ4n) is 4.80. The number of amides is 1. The molecule has 1 aliphatic carbocycles. The SMILES string of the molecule is CN1CCC(N(C)S(=O)(=O)c2ccc(NC(=O)c3ccc4c(c3)C(=O)c3ccccc3-4)cc2)CC1. The normalized spacial score (nSPS) is 16.3. The third kappa shape index (κ3) is 4.29. The lowest BCUT2D eigenvalue weighted by molar-refractivity contribution is 0.102. The van der Waals surface area contributed by atoms with Gasteiger partial charge in [0.15, 0.2) is 5.78 Å². The van der Waals surface area contributed by atoms with Gasteiger partial charge in [-0.25, -0.2) is 8.42 Å². The summed E-state index contributed by atoms with van der Waals surface area (Å²) in [5.41, 5.74) is 3.70. The first-order valence-corrected chi connectivity index (χ1v) is 13.1. The van der Waals surface area contributed by atoms with Gasteiger partial charge in [-0.15, -0.1) is 0 Å². The molecule has 0 spiro atoms. The minimum absolute atomic E-state index is 0.0239. The van der Waals surface area contributed by atoms with Gasteiger partial charge >= 0.3 is 0 Å².